The number of rotatable bonds is 6. The summed E-state index contributed by atoms with van der Waals surface area (Å²) < 4.78 is 123. The molecule has 0 aliphatic rings. The molecule has 5 rings (SSSR count). The molecule has 1 unspecified atom stereocenters. The van der Waals surface area contributed by atoms with Gasteiger partial charge >= 0.3 is 12.5 Å². The van der Waals surface area contributed by atoms with Crippen LogP contribution in [-0.2, 0) is 17.3 Å². The van der Waals surface area contributed by atoms with E-state index in [0.717, 1.165) is 27.4 Å². The van der Waals surface area contributed by atoms with Crippen LogP contribution in [0.2, 0.25) is 0 Å². The minimum Gasteiger partial charge on any atom is -0.768 e. The fourth-order valence-corrected chi connectivity index (χ4v) is 4.62. The van der Waals surface area contributed by atoms with Crippen molar-refractivity contribution in [2.75, 3.05) is 0 Å². The molecule has 2 heterocycles. The maximum absolute atomic E-state index is 15.9. The van der Waals surface area contributed by atoms with Crippen LogP contribution < -0.4 is 4.74 Å². The first-order chi connectivity index (χ1) is 19.7. The van der Waals surface area contributed by atoms with Gasteiger partial charge in [-0.1, -0.05) is 17.3 Å². The third-order valence-electron chi connectivity index (χ3n) is 5.98. The van der Waals surface area contributed by atoms with Gasteiger partial charge in [0, 0.05) is 16.7 Å². The van der Waals surface area contributed by atoms with Crippen molar-refractivity contribution in [1.29, 1.82) is 0 Å². The summed E-state index contributed by atoms with van der Waals surface area (Å²) in [5.74, 6) is -1.74. The predicted octanol–water partition coefficient (Wildman–Crippen LogP) is 6.39. The minimum atomic E-state index is -4.92. The summed E-state index contributed by atoms with van der Waals surface area (Å²) in [6, 6.07) is 12.5. The van der Waals surface area contributed by atoms with Crippen LogP contribution in [0, 0.1) is 12.7 Å². The maximum atomic E-state index is 15.9. The van der Waals surface area contributed by atoms with Crippen LogP contribution in [-0.4, -0.2) is 39.7 Å². The molecule has 0 saturated carbocycles. The zero-order chi connectivity index (χ0) is 30.4. The molecule has 0 spiro atoms. The van der Waals surface area contributed by atoms with Crippen molar-refractivity contribution in [1.82, 2.24) is 24.5 Å². The molecule has 8 nitrogen and oxygen atoms in total. The van der Waals surface area contributed by atoms with Gasteiger partial charge in [0.15, 0.2) is 5.69 Å². The molecule has 1 atom stereocenters. The minimum absolute atomic E-state index is 0.0959. The Morgan fingerprint density at radius 3 is 2.26 bits per heavy atom. The highest BCUT2D eigenvalue weighted by molar-refractivity contribution is 7.79. The van der Waals surface area contributed by atoms with E-state index in [2.05, 4.69) is 20.0 Å². The van der Waals surface area contributed by atoms with Gasteiger partial charge in [-0.3, -0.25) is 8.78 Å². The Labute approximate surface area is 234 Å². The molecule has 0 bridgehead atoms. The summed E-state index contributed by atoms with van der Waals surface area (Å²) in [5, 5.41) is 7.79. The Bertz CT molecular complexity index is 1800. The SMILES string of the molecule is Cc1nc(C(F)(F)F)cn1-c1c(F)cc(-c2cccc(S(=O)[O-])c2)cc1-n1nncc1-c1ccc(OC(F)(F)F)cc1. The predicted molar refractivity (Wildman–Crippen MR) is 133 cm³/mol. The second-order valence-electron chi connectivity index (χ2n) is 8.73. The van der Waals surface area contributed by atoms with Crippen molar-refractivity contribution in [2.24, 2.45) is 0 Å². The van der Waals surface area contributed by atoms with Crippen LogP contribution in [0.25, 0.3) is 33.8 Å². The van der Waals surface area contributed by atoms with E-state index in [-0.39, 0.29) is 38.8 Å². The summed E-state index contributed by atoms with van der Waals surface area (Å²) in [5.41, 5.74) is -1.01. The molecule has 0 aliphatic carbocycles. The van der Waals surface area contributed by atoms with E-state index in [1.165, 1.54) is 55.6 Å². The molecule has 42 heavy (non-hydrogen) atoms. The topological polar surface area (TPSA) is 97.9 Å². The number of nitrogens with zero attached hydrogens (tertiary/aromatic N) is 5. The van der Waals surface area contributed by atoms with Crippen molar-refractivity contribution in [3.63, 3.8) is 0 Å². The highest BCUT2D eigenvalue weighted by Crippen LogP contribution is 2.36. The molecule has 5 aromatic rings. The number of hydrogen-bond acceptors (Lipinski definition) is 6. The number of aromatic nitrogens is 5. The summed E-state index contributed by atoms with van der Waals surface area (Å²) in [7, 11) is 0. The van der Waals surface area contributed by atoms with Crippen LogP contribution >= 0.6 is 0 Å². The lowest BCUT2D eigenvalue weighted by atomic mass is 10.0. The molecule has 0 fully saturated rings. The van der Waals surface area contributed by atoms with Crippen LogP contribution in [0.4, 0.5) is 30.7 Å². The second-order valence-corrected chi connectivity index (χ2v) is 9.67. The van der Waals surface area contributed by atoms with Gasteiger partial charge in [-0.15, -0.1) is 18.3 Å². The first-order valence-electron chi connectivity index (χ1n) is 11.7. The average Bonchev–Trinajstić information content (AvgIpc) is 3.55. The third-order valence-corrected chi connectivity index (χ3v) is 6.62. The van der Waals surface area contributed by atoms with Crippen molar-refractivity contribution in [3.05, 3.63) is 90.4 Å². The van der Waals surface area contributed by atoms with Crippen molar-refractivity contribution in [3.8, 4) is 39.5 Å². The van der Waals surface area contributed by atoms with Gasteiger partial charge < -0.3 is 9.29 Å². The highest BCUT2D eigenvalue weighted by Gasteiger charge is 2.35. The number of imidazole rings is 1. The second kappa shape index (κ2) is 10.7. The van der Waals surface area contributed by atoms with E-state index in [9.17, 15) is 35.1 Å². The summed E-state index contributed by atoms with van der Waals surface area (Å²) in [4.78, 5) is 3.41. The van der Waals surface area contributed by atoms with Crippen LogP contribution in [0.1, 0.15) is 11.5 Å². The number of hydrogen-bond donors (Lipinski definition) is 0. The Morgan fingerprint density at radius 2 is 1.64 bits per heavy atom. The zero-order valence-electron chi connectivity index (χ0n) is 20.9. The molecule has 0 saturated heterocycles. The average molecular weight is 610 g/mol. The number of aryl methyl sites for hydroxylation is 1. The fraction of sp³-hybridized carbons (Fsp3) is 0.115. The number of benzene rings is 3. The van der Waals surface area contributed by atoms with E-state index in [0.29, 0.717) is 6.20 Å². The van der Waals surface area contributed by atoms with Crippen molar-refractivity contribution < 1.29 is 44.2 Å². The van der Waals surface area contributed by atoms with Gasteiger partial charge in [-0.05, 0) is 77.7 Å². The Hall–Kier alpha value is -4.57. The molecule has 0 amide bonds. The van der Waals surface area contributed by atoms with Gasteiger partial charge in [0.05, 0.1) is 17.6 Å². The van der Waals surface area contributed by atoms with Gasteiger partial charge in [-0.2, -0.15) is 13.2 Å². The zero-order valence-corrected chi connectivity index (χ0v) is 21.8. The van der Waals surface area contributed by atoms with Gasteiger partial charge in [-0.25, -0.2) is 14.1 Å². The molecule has 0 aliphatic heterocycles. The third kappa shape index (κ3) is 5.89. The number of halogens is 7. The van der Waals surface area contributed by atoms with E-state index in [1.807, 2.05) is 0 Å². The van der Waals surface area contributed by atoms with Crippen LogP contribution in [0.15, 0.2) is 78.0 Å². The summed E-state index contributed by atoms with van der Waals surface area (Å²) in [6.07, 6.45) is -7.93. The van der Waals surface area contributed by atoms with Crippen LogP contribution in [0.3, 0.4) is 0 Å². The van der Waals surface area contributed by atoms with Gasteiger partial charge in [0.25, 0.3) is 0 Å². The lowest BCUT2D eigenvalue weighted by molar-refractivity contribution is -0.274. The number of ether oxygens (including phenoxy) is 1. The standard InChI is InChI=1S/C26H16F7N5O3S/c1-14-35-23(25(28,29)30)13-37(14)24-20(27)10-17(16-3-2-4-19(9-16)42(39)40)11-21(24)38-22(12-34-36-38)15-5-7-18(8-6-15)41-26(31,32)33/h2-13H,1H3,(H,39,40)/p-1. The molecule has 3 aromatic carbocycles. The largest absolute Gasteiger partial charge is 0.768 e. The van der Waals surface area contributed by atoms with Crippen molar-refractivity contribution >= 4 is 11.1 Å². The molecule has 2 aromatic heterocycles. The fourth-order valence-electron chi connectivity index (χ4n) is 4.20. The monoisotopic (exact) mass is 610 g/mol. The highest BCUT2D eigenvalue weighted by atomic mass is 32.2. The Morgan fingerprint density at radius 1 is 0.929 bits per heavy atom. The van der Waals surface area contributed by atoms with Gasteiger partial charge in [0.1, 0.15) is 23.1 Å². The van der Waals surface area contributed by atoms with Gasteiger partial charge in [0.2, 0.25) is 0 Å². The molecule has 218 valence electrons. The smallest absolute Gasteiger partial charge is 0.573 e. The lowest BCUT2D eigenvalue weighted by Gasteiger charge is -2.17. The van der Waals surface area contributed by atoms with E-state index in [1.54, 1.807) is 0 Å². The van der Waals surface area contributed by atoms with Crippen LogP contribution in [0.5, 0.6) is 5.75 Å². The maximum Gasteiger partial charge on any atom is 0.573 e. The molecule has 0 N–H and O–H groups in total. The summed E-state index contributed by atoms with van der Waals surface area (Å²) in [6.45, 7) is 1.24. The normalized spacial score (nSPS) is 12.9. The van der Waals surface area contributed by atoms with E-state index < -0.39 is 46.6 Å². The lowest BCUT2D eigenvalue weighted by Crippen LogP contribution is -2.17. The molecular formula is C26H15F7N5O3S-. The summed E-state index contributed by atoms with van der Waals surface area (Å²) >= 11 is -2.60. The first kappa shape index (κ1) is 28.9. The quantitative estimate of drug-likeness (QED) is 0.163. The molecular weight excluding hydrogens is 595 g/mol. The van der Waals surface area contributed by atoms with Crippen molar-refractivity contribution in [2.45, 2.75) is 24.4 Å². The molecule has 16 heteroatoms. The Balaban J connectivity index is 1.72. The van der Waals surface area contributed by atoms with E-state index >= 15 is 4.39 Å². The first-order valence-corrected chi connectivity index (χ1v) is 12.7. The van der Waals surface area contributed by atoms with E-state index in [4.69, 9.17) is 0 Å². The number of alkyl halides is 6. The molecule has 0 radical (unpaired) electrons. The Kier molecular flexibility index (Phi) is 7.36.